The fraction of sp³-hybridized carbons (Fsp3) is 0.600. The number of rotatable bonds is 3. The van der Waals surface area contributed by atoms with Gasteiger partial charge in [-0.1, -0.05) is 24.3 Å². The Morgan fingerprint density at radius 2 is 1.32 bits per heavy atom. The molecule has 4 nitrogen and oxygen atoms in total. The Morgan fingerprint density at radius 1 is 0.842 bits per heavy atom. The van der Waals surface area contributed by atoms with Gasteiger partial charge in [0.15, 0.2) is 0 Å². The summed E-state index contributed by atoms with van der Waals surface area (Å²) in [6, 6.07) is 11.6. The summed E-state index contributed by atoms with van der Waals surface area (Å²) in [7, 11) is 0. The Labute approximate surface area is 115 Å². The third-order valence-electron chi connectivity index (χ3n) is 4.04. The van der Waals surface area contributed by atoms with Crippen LogP contribution < -0.4 is 10.6 Å². The first kappa shape index (κ1) is 13.1. The molecule has 19 heavy (non-hydrogen) atoms. The van der Waals surface area contributed by atoms with E-state index in [4.69, 9.17) is 0 Å². The van der Waals surface area contributed by atoms with Crippen molar-refractivity contribution >= 4 is 0 Å². The third-order valence-corrected chi connectivity index (χ3v) is 4.04. The van der Waals surface area contributed by atoms with Gasteiger partial charge in [-0.3, -0.25) is 9.80 Å². The van der Waals surface area contributed by atoms with Gasteiger partial charge in [-0.15, -0.1) is 0 Å². The summed E-state index contributed by atoms with van der Waals surface area (Å²) in [5.74, 6) is 0. The monoisotopic (exact) mass is 259 g/mol. The van der Waals surface area contributed by atoms with Gasteiger partial charge in [0.1, 0.15) is 0 Å². The maximum absolute atomic E-state index is 3.45. The number of hydrogen-bond donors (Lipinski definition) is 2. The van der Waals surface area contributed by atoms with Crippen LogP contribution in [-0.2, 0) is 0 Å². The number of nitrogens with zero attached hydrogens (tertiary/aromatic N) is 2. The van der Waals surface area contributed by atoms with Crippen LogP contribution in [0.25, 0.3) is 0 Å². The molecule has 103 valence electrons. The molecule has 2 heterocycles. The first-order chi connectivity index (χ1) is 9.45. The summed E-state index contributed by atoms with van der Waals surface area (Å²) in [6.45, 7) is 8.92. The van der Waals surface area contributed by atoms with Crippen molar-refractivity contribution in [1.29, 1.82) is 0 Å². The van der Waals surface area contributed by atoms with E-state index in [2.05, 4.69) is 38.6 Å². The third kappa shape index (κ3) is 3.15. The van der Waals surface area contributed by atoms with Gasteiger partial charge in [-0.2, -0.15) is 0 Å². The molecule has 0 bridgehead atoms. The summed E-state index contributed by atoms with van der Waals surface area (Å²) in [4.78, 5) is 5.22. The molecule has 0 unspecified atom stereocenters. The second-order valence-electron chi connectivity index (χ2n) is 5.28. The molecule has 0 atom stereocenters. The average Bonchev–Trinajstić information content (AvgIpc) is 2.51. The molecular formula is C15H23N4. The van der Waals surface area contributed by atoms with E-state index < -0.39 is 0 Å². The van der Waals surface area contributed by atoms with Crippen LogP contribution in [-0.4, -0.2) is 62.2 Å². The largest absolute Gasteiger partial charge is 0.314 e. The summed E-state index contributed by atoms with van der Waals surface area (Å²) >= 11 is 0. The van der Waals surface area contributed by atoms with E-state index in [1.54, 1.807) is 0 Å². The molecular weight excluding hydrogens is 236 g/mol. The molecule has 2 saturated heterocycles. The zero-order valence-electron chi connectivity index (χ0n) is 11.4. The molecule has 0 aromatic heterocycles. The fourth-order valence-electron chi connectivity index (χ4n) is 3.08. The van der Waals surface area contributed by atoms with E-state index in [-0.39, 0.29) is 0 Å². The van der Waals surface area contributed by atoms with Gasteiger partial charge in [-0.25, -0.2) is 0 Å². The Bertz CT molecular complexity index is 351. The summed E-state index contributed by atoms with van der Waals surface area (Å²) in [5.41, 5.74) is 1.41. The van der Waals surface area contributed by atoms with Crippen molar-refractivity contribution in [2.24, 2.45) is 0 Å². The highest BCUT2D eigenvalue weighted by Crippen LogP contribution is 2.25. The predicted octanol–water partition coefficient (Wildman–Crippen LogP) is 0.296. The van der Waals surface area contributed by atoms with Crippen molar-refractivity contribution < 1.29 is 0 Å². The second kappa shape index (κ2) is 6.48. The zero-order chi connectivity index (χ0) is 12.9. The van der Waals surface area contributed by atoms with Crippen LogP contribution in [0.2, 0.25) is 0 Å². The molecule has 1 aromatic carbocycles. The van der Waals surface area contributed by atoms with Crippen molar-refractivity contribution in [3.8, 4) is 0 Å². The normalized spacial score (nSPS) is 22.8. The Hall–Kier alpha value is -0.940. The summed E-state index contributed by atoms with van der Waals surface area (Å²) in [5, 5.41) is 6.89. The Kier molecular flexibility index (Phi) is 4.45. The number of benzene rings is 1. The lowest BCUT2D eigenvalue weighted by atomic mass is 10.1. The lowest BCUT2D eigenvalue weighted by Crippen LogP contribution is -2.54. The van der Waals surface area contributed by atoms with E-state index >= 15 is 0 Å². The lowest BCUT2D eigenvalue weighted by Gasteiger charge is -2.43. The molecule has 2 aliphatic heterocycles. The zero-order valence-corrected chi connectivity index (χ0v) is 11.4. The Balaban J connectivity index is 1.81. The minimum absolute atomic E-state index is 0.429. The van der Waals surface area contributed by atoms with Crippen LogP contribution in [0.15, 0.2) is 24.3 Å². The summed E-state index contributed by atoms with van der Waals surface area (Å²) < 4.78 is 0. The first-order valence-electron chi connectivity index (χ1n) is 7.31. The molecule has 0 saturated carbocycles. The van der Waals surface area contributed by atoms with E-state index in [9.17, 15) is 0 Å². The maximum atomic E-state index is 3.45. The van der Waals surface area contributed by atoms with E-state index in [1.165, 1.54) is 5.56 Å². The van der Waals surface area contributed by atoms with Crippen LogP contribution in [0.4, 0.5) is 0 Å². The van der Waals surface area contributed by atoms with Crippen molar-refractivity contribution in [3.63, 3.8) is 0 Å². The number of hydrogen-bond acceptors (Lipinski definition) is 4. The van der Waals surface area contributed by atoms with Crippen LogP contribution >= 0.6 is 0 Å². The van der Waals surface area contributed by atoms with Gasteiger partial charge >= 0.3 is 0 Å². The van der Waals surface area contributed by atoms with Gasteiger partial charge in [0.2, 0.25) is 0 Å². The quantitative estimate of drug-likeness (QED) is 0.817. The maximum Gasteiger partial charge on any atom is 0.0887 e. The summed E-state index contributed by atoms with van der Waals surface area (Å²) in [6.07, 6.45) is 0.429. The minimum atomic E-state index is 0.429. The molecule has 4 heteroatoms. The predicted molar refractivity (Wildman–Crippen MR) is 76.9 cm³/mol. The molecule has 1 radical (unpaired) electrons. The van der Waals surface area contributed by atoms with Crippen molar-refractivity contribution in [1.82, 2.24) is 20.4 Å². The molecule has 2 aliphatic rings. The molecule has 0 spiro atoms. The van der Waals surface area contributed by atoms with Gasteiger partial charge < -0.3 is 10.6 Å². The topological polar surface area (TPSA) is 30.5 Å². The Morgan fingerprint density at radius 3 is 1.79 bits per heavy atom. The SMILES string of the molecule is [c]1ccc(C(N2CCNCC2)N2CCNCC2)cc1. The number of piperazine rings is 2. The van der Waals surface area contributed by atoms with E-state index in [1.807, 2.05) is 12.1 Å². The van der Waals surface area contributed by atoms with Gasteiger partial charge in [0.25, 0.3) is 0 Å². The van der Waals surface area contributed by atoms with Gasteiger partial charge in [-0.05, 0) is 11.6 Å². The highest BCUT2D eigenvalue weighted by Gasteiger charge is 2.28. The number of nitrogens with one attached hydrogen (secondary N) is 2. The molecule has 2 N–H and O–H groups in total. The smallest absolute Gasteiger partial charge is 0.0887 e. The highest BCUT2D eigenvalue weighted by molar-refractivity contribution is 5.18. The second-order valence-corrected chi connectivity index (χ2v) is 5.28. The average molecular weight is 259 g/mol. The molecule has 0 amide bonds. The molecule has 3 rings (SSSR count). The lowest BCUT2D eigenvalue weighted by molar-refractivity contribution is 0.0243. The van der Waals surface area contributed by atoms with Gasteiger partial charge in [0.05, 0.1) is 6.17 Å². The molecule has 1 aromatic rings. The van der Waals surface area contributed by atoms with E-state index in [0.717, 1.165) is 52.4 Å². The first-order valence-corrected chi connectivity index (χ1v) is 7.31. The van der Waals surface area contributed by atoms with Gasteiger partial charge in [0, 0.05) is 52.4 Å². The molecule has 0 aliphatic carbocycles. The van der Waals surface area contributed by atoms with Crippen LogP contribution in [0, 0.1) is 6.07 Å². The standard InChI is InChI=1S/C15H23N4/c1-2-4-14(5-3-1)15(18-10-6-16-7-11-18)19-12-8-17-9-13-19/h2-5,15-17H,6-13H2. The molecule has 2 fully saturated rings. The van der Waals surface area contributed by atoms with Crippen LogP contribution in [0.5, 0.6) is 0 Å². The highest BCUT2D eigenvalue weighted by atomic mass is 15.4. The van der Waals surface area contributed by atoms with Crippen LogP contribution in [0.3, 0.4) is 0 Å². The van der Waals surface area contributed by atoms with Crippen molar-refractivity contribution in [3.05, 3.63) is 35.9 Å². The minimum Gasteiger partial charge on any atom is -0.314 e. The van der Waals surface area contributed by atoms with Crippen molar-refractivity contribution in [2.75, 3.05) is 52.4 Å². The van der Waals surface area contributed by atoms with Crippen molar-refractivity contribution in [2.45, 2.75) is 6.17 Å². The fourth-order valence-corrected chi connectivity index (χ4v) is 3.08. The van der Waals surface area contributed by atoms with Crippen LogP contribution in [0.1, 0.15) is 11.7 Å². The van der Waals surface area contributed by atoms with E-state index in [0.29, 0.717) is 6.17 Å².